The Hall–Kier alpha value is -4.08. The number of hydrogen-bond donors (Lipinski definition) is 1. The van der Waals surface area contributed by atoms with Gasteiger partial charge in [-0.05, 0) is 73.2 Å². The number of nitrogens with zero attached hydrogens (tertiary/aromatic N) is 4. The highest BCUT2D eigenvalue weighted by atomic mass is 16.2. The van der Waals surface area contributed by atoms with Crippen molar-refractivity contribution < 1.29 is 4.79 Å². The maximum atomic E-state index is 13.0. The molecule has 0 aliphatic carbocycles. The van der Waals surface area contributed by atoms with E-state index in [0.717, 1.165) is 86.9 Å². The Morgan fingerprint density at radius 3 is 2.40 bits per heavy atom. The third-order valence-corrected chi connectivity index (χ3v) is 9.25. The summed E-state index contributed by atoms with van der Waals surface area (Å²) in [5, 5.41) is 12.6. The lowest BCUT2D eigenvalue weighted by atomic mass is 9.73. The van der Waals surface area contributed by atoms with Crippen molar-refractivity contribution in [3.05, 3.63) is 101 Å². The molecule has 0 saturated carbocycles. The Bertz CT molecular complexity index is 1500. The number of benzene rings is 3. The van der Waals surface area contributed by atoms with Gasteiger partial charge in [0.1, 0.15) is 6.07 Å². The van der Waals surface area contributed by atoms with E-state index < -0.39 is 5.41 Å². The minimum atomic E-state index is -0.420. The van der Waals surface area contributed by atoms with Crippen LogP contribution < -0.4 is 10.2 Å². The van der Waals surface area contributed by atoms with Gasteiger partial charge in [0.05, 0.1) is 16.7 Å². The van der Waals surface area contributed by atoms with Crippen molar-refractivity contribution in [2.75, 3.05) is 49.5 Å². The highest BCUT2D eigenvalue weighted by molar-refractivity contribution is 6.06. The number of hydrogen-bond acceptors (Lipinski definition) is 5. The van der Waals surface area contributed by atoms with Crippen molar-refractivity contribution in [2.45, 2.75) is 38.6 Å². The van der Waals surface area contributed by atoms with Crippen LogP contribution in [0.5, 0.6) is 0 Å². The fourth-order valence-electron chi connectivity index (χ4n) is 6.81. The monoisotopic (exact) mass is 531 g/mol. The van der Waals surface area contributed by atoms with Crippen molar-refractivity contribution in [1.82, 2.24) is 9.80 Å². The molecular weight excluding hydrogens is 494 g/mol. The zero-order chi connectivity index (χ0) is 27.9. The van der Waals surface area contributed by atoms with Crippen LogP contribution >= 0.6 is 0 Å². The maximum Gasteiger partial charge on any atom is 0.235 e. The summed E-state index contributed by atoms with van der Waals surface area (Å²) in [4.78, 5) is 20.2. The van der Waals surface area contributed by atoms with Crippen LogP contribution in [0.3, 0.4) is 0 Å². The minimum absolute atomic E-state index is 0.143. The van der Waals surface area contributed by atoms with E-state index in [2.05, 4.69) is 70.8 Å². The molecule has 0 radical (unpaired) electrons. The van der Waals surface area contributed by atoms with Gasteiger partial charge in [-0.3, -0.25) is 9.69 Å². The number of aryl methyl sites for hydroxylation is 2. The fraction of sp³-hybridized carbons (Fsp3) is 0.353. The molecule has 3 aromatic rings. The number of para-hydroxylation sites is 2. The number of piperidine rings is 1. The molecule has 0 aromatic heterocycles. The van der Waals surface area contributed by atoms with Crippen LogP contribution in [0.1, 0.15) is 46.2 Å². The predicted molar refractivity (Wildman–Crippen MR) is 161 cm³/mol. The lowest BCUT2D eigenvalue weighted by Gasteiger charge is -2.40. The van der Waals surface area contributed by atoms with E-state index >= 15 is 0 Å². The number of likely N-dealkylation sites (tertiary alicyclic amines) is 1. The van der Waals surface area contributed by atoms with Gasteiger partial charge in [0.15, 0.2) is 0 Å². The number of nitrogens with one attached hydrogen (secondary N) is 1. The van der Waals surface area contributed by atoms with Crippen LogP contribution in [0, 0.1) is 25.2 Å². The molecule has 3 aliphatic rings. The summed E-state index contributed by atoms with van der Waals surface area (Å²) in [7, 11) is 0. The molecule has 6 nitrogen and oxygen atoms in total. The maximum absolute atomic E-state index is 13.0. The zero-order valence-corrected chi connectivity index (χ0v) is 23.5. The van der Waals surface area contributed by atoms with E-state index in [4.69, 9.17) is 0 Å². The van der Waals surface area contributed by atoms with Gasteiger partial charge < -0.3 is 15.1 Å². The number of amides is 1. The largest absolute Gasteiger partial charge is 0.371 e. The Kier molecular flexibility index (Phi) is 6.85. The molecule has 6 heteroatoms. The molecule has 3 heterocycles. The third-order valence-electron chi connectivity index (χ3n) is 9.25. The summed E-state index contributed by atoms with van der Waals surface area (Å²) >= 11 is 0. The Labute approximate surface area is 237 Å². The summed E-state index contributed by atoms with van der Waals surface area (Å²) in [6, 6.07) is 23.0. The molecule has 3 aliphatic heterocycles. The zero-order valence-electron chi connectivity index (χ0n) is 23.5. The van der Waals surface area contributed by atoms with Crippen molar-refractivity contribution in [3.63, 3.8) is 0 Å². The predicted octanol–water partition coefficient (Wildman–Crippen LogP) is 5.45. The second kappa shape index (κ2) is 10.5. The van der Waals surface area contributed by atoms with Gasteiger partial charge in [-0.15, -0.1) is 0 Å². The Morgan fingerprint density at radius 1 is 0.950 bits per heavy atom. The summed E-state index contributed by atoms with van der Waals surface area (Å²) in [5.41, 5.74) is 9.63. The summed E-state index contributed by atoms with van der Waals surface area (Å²) < 4.78 is 0. The number of piperazine rings is 1. The highest BCUT2D eigenvalue weighted by Crippen LogP contribution is 2.45. The van der Waals surface area contributed by atoms with Gasteiger partial charge in [-0.2, -0.15) is 5.26 Å². The average molecular weight is 532 g/mol. The molecule has 1 spiro atoms. The van der Waals surface area contributed by atoms with E-state index in [9.17, 15) is 10.1 Å². The van der Waals surface area contributed by atoms with Gasteiger partial charge in [0, 0.05) is 62.8 Å². The fourth-order valence-corrected chi connectivity index (χ4v) is 6.81. The molecule has 1 amide bonds. The molecule has 1 N–H and O–H groups in total. The first kappa shape index (κ1) is 26.2. The van der Waals surface area contributed by atoms with E-state index in [1.807, 2.05) is 36.4 Å². The van der Waals surface area contributed by atoms with Crippen molar-refractivity contribution in [1.29, 1.82) is 5.26 Å². The van der Waals surface area contributed by atoms with Crippen LogP contribution in [0.2, 0.25) is 0 Å². The van der Waals surface area contributed by atoms with E-state index in [0.29, 0.717) is 0 Å². The number of rotatable bonds is 5. The van der Waals surface area contributed by atoms with Crippen molar-refractivity contribution in [3.8, 4) is 6.07 Å². The quantitative estimate of drug-likeness (QED) is 0.474. The second-order valence-electron chi connectivity index (χ2n) is 11.5. The van der Waals surface area contributed by atoms with Crippen LogP contribution in [-0.2, 0) is 16.8 Å². The Balaban J connectivity index is 1.13. The Morgan fingerprint density at radius 2 is 1.65 bits per heavy atom. The topological polar surface area (TPSA) is 62.6 Å². The van der Waals surface area contributed by atoms with E-state index in [-0.39, 0.29) is 5.91 Å². The van der Waals surface area contributed by atoms with Gasteiger partial charge in [0.25, 0.3) is 0 Å². The average Bonchev–Trinajstić information content (AvgIpc) is 3.25. The molecule has 0 bridgehead atoms. The molecule has 6 rings (SSSR count). The van der Waals surface area contributed by atoms with Gasteiger partial charge in [0.2, 0.25) is 5.91 Å². The standard InChI is InChI=1S/C34H37N5O/c1-24-20-25(2)29(21-28(24)23-37-16-18-39(19-17-37)32-11-7-4-8-27(32)22-35)26(3)38-14-12-34(13-15-38)30-9-5-6-10-31(30)36-33(34)40/h4-11,20-21H,3,12-19,23H2,1-2H3,(H,36,40). The van der Waals surface area contributed by atoms with E-state index in [1.165, 1.54) is 22.3 Å². The molecule has 2 fully saturated rings. The summed E-state index contributed by atoms with van der Waals surface area (Å²) in [6.07, 6.45) is 1.59. The molecule has 3 aromatic carbocycles. The first-order valence-corrected chi connectivity index (χ1v) is 14.3. The molecule has 204 valence electrons. The van der Waals surface area contributed by atoms with Crippen LogP contribution in [0.4, 0.5) is 11.4 Å². The minimum Gasteiger partial charge on any atom is -0.371 e. The number of carbonyl (C=O) groups is 1. The number of anilines is 2. The van der Waals surface area contributed by atoms with Crippen LogP contribution in [0.25, 0.3) is 5.70 Å². The van der Waals surface area contributed by atoms with Crippen molar-refractivity contribution >= 4 is 23.0 Å². The normalized spacial score (nSPS) is 18.4. The summed E-state index contributed by atoms with van der Waals surface area (Å²) in [6.45, 7) is 15.2. The van der Waals surface area contributed by atoms with Crippen LogP contribution in [0.15, 0.2) is 67.2 Å². The van der Waals surface area contributed by atoms with Crippen molar-refractivity contribution in [2.24, 2.45) is 0 Å². The molecule has 2 saturated heterocycles. The molecule has 40 heavy (non-hydrogen) atoms. The second-order valence-corrected chi connectivity index (χ2v) is 11.5. The van der Waals surface area contributed by atoms with Crippen LogP contribution in [-0.4, -0.2) is 55.0 Å². The van der Waals surface area contributed by atoms with Gasteiger partial charge in [-0.25, -0.2) is 0 Å². The lowest BCUT2D eigenvalue weighted by Crippen LogP contribution is -2.46. The molecule has 0 atom stereocenters. The third kappa shape index (κ3) is 4.55. The SMILES string of the molecule is C=C(c1cc(CN2CCN(c3ccccc3C#N)CC2)c(C)cc1C)N1CCC2(CC1)C(=O)Nc1ccccc12. The van der Waals surface area contributed by atoms with Gasteiger partial charge >= 0.3 is 0 Å². The smallest absolute Gasteiger partial charge is 0.235 e. The first-order valence-electron chi connectivity index (χ1n) is 14.3. The highest BCUT2D eigenvalue weighted by Gasteiger charge is 2.48. The van der Waals surface area contributed by atoms with Gasteiger partial charge in [-0.1, -0.05) is 43.0 Å². The van der Waals surface area contributed by atoms with E-state index in [1.54, 1.807) is 0 Å². The lowest BCUT2D eigenvalue weighted by molar-refractivity contribution is -0.122. The molecular formula is C34H37N5O. The number of nitriles is 1. The number of carbonyl (C=O) groups excluding carboxylic acids is 1. The molecule has 0 unspecified atom stereocenters. The summed E-state index contributed by atoms with van der Waals surface area (Å²) in [5.74, 6) is 0.143. The number of fused-ring (bicyclic) bond motifs is 2. The first-order chi connectivity index (χ1) is 19.4.